The summed E-state index contributed by atoms with van der Waals surface area (Å²) in [6.07, 6.45) is 0.975. The third-order valence-corrected chi connectivity index (χ3v) is 5.47. The zero-order valence-corrected chi connectivity index (χ0v) is 16.3. The van der Waals surface area contributed by atoms with E-state index in [1.807, 2.05) is 18.2 Å². The lowest BCUT2D eigenvalue weighted by Gasteiger charge is -2.37. The summed E-state index contributed by atoms with van der Waals surface area (Å²) >= 11 is 1.70. The SMILES string of the molecule is CCNC(=NCc1csc(CC)n1)N1CCN(c2ccccc2O)CC1. The molecule has 2 heterocycles. The predicted molar refractivity (Wildman–Crippen MR) is 108 cm³/mol. The van der Waals surface area contributed by atoms with Crippen molar-refractivity contribution in [1.29, 1.82) is 0 Å². The lowest BCUT2D eigenvalue weighted by molar-refractivity contribution is 0.369. The van der Waals surface area contributed by atoms with E-state index < -0.39 is 0 Å². The number of nitrogens with zero attached hydrogens (tertiary/aromatic N) is 4. The average Bonchev–Trinajstić information content (AvgIpc) is 3.14. The number of guanidine groups is 1. The van der Waals surface area contributed by atoms with Gasteiger partial charge in [0, 0.05) is 38.1 Å². The van der Waals surface area contributed by atoms with Gasteiger partial charge in [0.15, 0.2) is 5.96 Å². The van der Waals surface area contributed by atoms with Crippen molar-refractivity contribution in [2.45, 2.75) is 26.8 Å². The Balaban J connectivity index is 1.62. The number of aromatic hydroxyl groups is 1. The number of aryl methyl sites for hydroxylation is 1. The fraction of sp³-hybridized carbons (Fsp3) is 0.474. The fourth-order valence-corrected chi connectivity index (χ4v) is 3.79. The highest BCUT2D eigenvalue weighted by Gasteiger charge is 2.21. The first-order chi connectivity index (χ1) is 12.7. The van der Waals surface area contributed by atoms with Crippen LogP contribution in [0.15, 0.2) is 34.6 Å². The second-order valence-corrected chi connectivity index (χ2v) is 7.16. The van der Waals surface area contributed by atoms with Crippen LogP contribution in [0.2, 0.25) is 0 Å². The number of phenolic OH excluding ortho intramolecular Hbond substituents is 1. The van der Waals surface area contributed by atoms with Crippen LogP contribution in [-0.4, -0.2) is 53.7 Å². The standard InChI is InChI=1S/C19H27N5OS/c1-3-18-22-15(14-26-18)13-21-19(20-4-2)24-11-9-23(10-12-24)16-7-5-6-8-17(16)25/h5-8,14,25H,3-4,9-13H2,1-2H3,(H,20,21). The highest BCUT2D eigenvalue weighted by atomic mass is 32.1. The molecule has 1 saturated heterocycles. The monoisotopic (exact) mass is 373 g/mol. The quantitative estimate of drug-likeness (QED) is 0.623. The molecule has 0 amide bonds. The van der Waals surface area contributed by atoms with Crippen molar-refractivity contribution >= 4 is 23.0 Å². The molecule has 0 radical (unpaired) electrons. The van der Waals surface area contributed by atoms with Gasteiger partial charge in [0.05, 0.1) is 22.9 Å². The molecule has 2 aromatic rings. The molecule has 6 nitrogen and oxygen atoms in total. The summed E-state index contributed by atoms with van der Waals surface area (Å²) in [5, 5.41) is 16.7. The van der Waals surface area contributed by atoms with Gasteiger partial charge in [-0.15, -0.1) is 11.3 Å². The zero-order chi connectivity index (χ0) is 18.4. The normalized spacial score (nSPS) is 15.4. The first-order valence-electron chi connectivity index (χ1n) is 9.20. The molecule has 1 aliphatic heterocycles. The summed E-state index contributed by atoms with van der Waals surface area (Å²) in [5.41, 5.74) is 1.94. The van der Waals surface area contributed by atoms with Crippen molar-refractivity contribution < 1.29 is 5.11 Å². The van der Waals surface area contributed by atoms with E-state index in [2.05, 4.69) is 39.3 Å². The van der Waals surface area contributed by atoms with Crippen molar-refractivity contribution in [2.75, 3.05) is 37.6 Å². The van der Waals surface area contributed by atoms with Gasteiger partial charge in [-0.3, -0.25) is 0 Å². The Morgan fingerprint density at radius 3 is 2.65 bits per heavy atom. The van der Waals surface area contributed by atoms with E-state index in [1.165, 1.54) is 0 Å². The van der Waals surface area contributed by atoms with Crippen molar-refractivity contribution in [2.24, 2.45) is 4.99 Å². The largest absolute Gasteiger partial charge is 0.506 e. The molecular weight excluding hydrogens is 346 g/mol. The lowest BCUT2D eigenvalue weighted by Crippen LogP contribution is -2.52. The maximum Gasteiger partial charge on any atom is 0.194 e. The van der Waals surface area contributed by atoms with Crippen LogP contribution in [0.4, 0.5) is 5.69 Å². The highest BCUT2D eigenvalue weighted by molar-refractivity contribution is 7.09. The predicted octanol–water partition coefficient (Wildman–Crippen LogP) is 2.70. The Kier molecular flexibility index (Phi) is 6.33. The van der Waals surface area contributed by atoms with E-state index in [0.717, 1.165) is 61.5 Å². The fourth-order valence-electron chi connectivity index (χ4n) is 3.06. The van der Waals surface area contributed by atoms with Gasteiger partial charge >= 0.3 is 0 Å². The maximum atomic E-state index is 10.1. The third-order valence-electron chi connectivity index (χ3n) is 4.43. The number of hydrogen-bond donors (Lipinski definition) is 2. The number of piperazine rings is 1. The number of para-hydroxylation sites is 2. The Labute approximate surface area is 159 Å². The minimum Gasteiger partial charge on any atom is -0.506 e. The minimum absolute atomic E-state index is 0.344. The molecule has 0 aliphatic carbocycles. The average molecular weight is 374 g/mol. The third kappa shape index (κ3) is 4.46. The van der Waals surface area contributed by atoms with Crippen LogP contribution < -0.4 is 10.2 Å². The summed E-state index contributed by atoms with van der Waals surface area (Å²) in [5.74, 6) is 1.28. The van der Waals surface area contributed by atoms with Crippen LogP contribution >= 0.6 is 11.3 Å². The molecule has 140 valence electrons. The van der Waals surface area contributed by atoms with Gasteiger partial charge in [-0.25, -0.2) is 9.98 Å². The molecule has 7 heteroatoms. The molecule has 2 N–H and O–H groups in total. The van der Waals surface area contributed by atoms with Crippen LogP contribution in [0.1, 0.15) is 24.5 Å². The second kappa shape index (κ2) is 8.89. The maximum absolute atomic E-state index is 10.1. The van der Waals surface area contributed by atoms with E-state index in [-0.39, 0.29) is 0 Å². The molecule has 1 aromatic heterocycles. The van der Waals surface area contributed by atoms with Gasteiger partial charge < -0.3 is 20.2 Å². The zero-order valence-electron chi connectivity index (χ0n) is 15.5. The molecule has 0 unspecified atom stereocenters. The summed E-state index contributed by atoms with van der Waals surface area (Å²) in [6.45, 7) is 9.13. The molecule has 0 saturated carbocycles. The van der Waals surface area contributed by atoms with E-state index in [1.54, 1.807) is 17.4 Å². The number of thiazole rings is 1. The van der Waals surface area contributed by atoms with Crippen molar-refractivity contribution in [3.63, 3.8) is 0 Å². The number of aliphatic imine (C=N–C) groups is 1. The number of nitrogens with one attached hydrogen (secondary N) is 1. The van der Waals surface area contributed by atoms with E-state index in [0.29, 0.717) is 12.3 Å². The Hall–Kier alpha value is -2.28. The molecule has 1 aromatic carbocycles. The molecule has 1 aliphatic rings. The van der Waals surface area contributed by atoms with Gasteiger partial charge in [0.2, 0.25) is 0 Å². The first-order valence-corrected chi connectivity index (χ1v) is 10.1. The Bertz CT molecular complexity index is 737. The summed E-state index contributed by atoms with van der Waals surface area (Å²) in [6, 6.07) is 7.53. The minimum atomic E-state index is 0.344. The highest BCUT2D eigenvalue weighted by Crippen LogP contribution is 2.27. The van der Waals surface area contributed by atoms with Gasteiger partial charge in [-0.1, -0.05) is 19.1 Å². The van der Waals surface area contributed by atoms with E-state index in [9.17, 15) is 5.11 Å². The summed E-state index contributed by atoms with van der Waals surface area (Å²) in [4.78, 5) is 13.9. The molecular formula is C19H27N5OS. The summed E-state index contributed by atoms with van der Waals surface area (Å²) < 4.78 is 0. The second-order valence-electron chi connectivity index (χ2n) is 6.22. The van der Waals surface area contributed by atoms with Crippen LogP contribution in [0.25, 0.3) is 0 Å². The Morgan fingerprint density at radius 2 is 2.00 bits per heavy atom. The summed E-state index contributed by atoms with van der Waals surface area (Å²) in [7, 11) is 0. The van der Waals surface area contributed by atoms with Gasteiger partial charge in [0.25, 0.3) is 0 Å². The number of aromatic nitrogens is 1. The van der Waals surface area contributed by atoms with Gasteiger partial charge in [-0.2, -0.15) is 0 Å². The first kappa shape index (κ1) is 18.5. The molecule has 0 bridgehead atoms. The molecule has 26 heavy (non-hydrogen) atoms. The Morgan fingerprint density at radius 1 is 1.23 bits per heavy atom. The lowest BCUT2D eigenvalue weighted by atomic mass is 10.2. The topological polar surface area (TPSA) is 64.0 Å². The van der Waals surface area contributed by atoms with Crippen molar-refractivity contribution in [3.8, 4) is 5.75 Å². The van der Waals surface area contributed by atoms with Crippen LogP contribution in [0.3, 0.4) is 0 Å². The number of benzene rings is 1. The van der Waals surface area contributed by atoms with E-state index >= 15 is 0 Å². The number of phenols is 1. The van der Waals surface area contributed by atoms with Crippen molar-refractivity contribution in [3.05, 3.63) is 40.3 Å². The molecule has 3 rings (SSSR count). The van der Waals surface area contributed by atoms with Gasteiger partial charge in [-0.05, 0) is 25.5 Å². The molecule has 0 spiro atoms. The van der Waals surface area contributed by atoms with Gasteiger partial charge in [0.1, 0.15) is 5.75 Å². The van der Waals surface area contributed by atoms with E-state index in [4.69, 9.17) is 4.99 Å². The molecule has 0 atom stereocenters. The van der Waals surface area contributed by atoms with Crippen LogP contribution in [-0.2, 0) is 13.0 Å². The van der Waals surface area contributed by atoms with Crippen LogP contribution in [0.5, 0.6) is 5.75 Å². The number of hydrogen-bond acceptors (Lipinski definition) is 5. The smallest absolute Gasteiger partial charge is 0.194 e. The molecule has 1 fully saturated rings. The number of rotatable bonds is 5. The van der Waals surface area contributed by atoms with Crippen LogP contribution in [0, 0.1) is 0 Å². The van der Waals surface area contributed by atoms with Crippen molar-refractivity contribution in [1.82, 2.24) is 15.2 Å². The number of anilines is 1.